The standard InChI is InChI=1S/C33H46ClNO2/c1-22(36)37-31-24(19-23-7-10-26(34)11-8-23)20-30-28-12-9-25-21-27(35-17-5-4-6-18-35)13-15-32(25,2)29(28)14-16-33(30,31)3/h7-8,10-11,19,25,27-31H,4-6,9,12-18,20-21H2,1-3H3/b24-19+/t25?,27-,28?,29?,30?,31-,32-,33-/m0/s1. The predicted molar refractivity (Wildman–Crippen MR) is 151 cm³/mol. The van der Waals surface area contributed by atoms with Gasteiger partial charge in [0.05, 0.1) is 0 Å². The largest absolute Gasteiger partial charge is 0.457 e. The minimum atomic E-state index is -0.150. The summed E-state index contributed by atoms with van der Waals surface area (Å²) < 4.78 is 6.15. The van der Waals surface area contributed by atoms with Crippen molar-refractivity contribution in [3.8, 4) is 0 Å². The maximum Gasteiger partial charge on any atom is 0.303 e. The van der Waals surface area contributed by atoms with Crippen molar-refractivity contribution in [1.82, 2.24) is 4.90 Å². The van der Waals surface area contributed by atoms with Crippen LogP contribution in [0.1, 0.15) is 97.0 Å². The predicted octanol–water partition coefficient (Wildman–Crippen LogP) is 8.16. The molecule has 1 heterocycles. The molecule has 1 aromatic carbocycles. The molecular weight excluding hydrogens is 478 g/mol. The number of fused-ring (bicyclic) bond motifs is 5. The van der Waals surface area contributed by atoms with Gasteiger partial charge in [-0.2, -0.15) is 0 Å². The van der Waals surface area contributed by atoms with Gasteiger partial charge in [0.25, 0.3) is 0 Å². The van der Waals surface area contributed by atoms with Crippen LogP contribution < -0.4 is 0 Å². The van der Waals surface area contributed by atoms with Crippen molar-refractivity contribution >= 4 is 23.6 Å². The summed E-state index contributed by atoms with van der Waals surface area (Å²) in [5.74, 6) is 2.91. The van der Waals surface area contributed by atoms with Crippen LogP contribution in [0.4, 0.5) is 0 Å². The number of halogens is 1. The number of esters is 1. The quantitative estimate of drug-likeness (QED) is 0.374. The summed E-state index contributed by atoms with van der Waals surface area (Å²) in [5.41, 5.74) is 2.99. The van der Waals surface area contributed by atoms with E-state index in [1.807, 2.05) is 12.1 Å². The lowest BCUT2D eigenvalue weighted by molar-refractivity contribution is -0.160. The highest BCUT2D eigenvalue weighted by Gasteiger charge is 2.62. The Morgan fingerprint density at radius 3 is 2.43 bits per heavy atom. The molecule has 202 valence electrons. The zero-order valence-electron chi connectivity index (χ0n) is 23.2. The molecule has 0 radical (unpaired) electrons. The van der Waals surface area contributed by atoms with Gasteiger partial charge in [-0.25, -0.2) is 0 Å². The molecule has 5 fully saturated rings. The van der Waals surface area contributed by atoms with Crippen LogP contribution in [0.15, 0.2) is 29.8 Å². The lowest BCUT2D eigenvalue weighted by atomic mass is 9.45. The van der Waals surface area contributed by atoms with E-state index >= 15 is 0 Å². The lowest BCUT2D eigenvalue weighted by Crippen LogP contribution is -2.56. The van der Waals surface area contributed by atoms with Crippen LogP contribution in [0.25, 0.3) is 6.08 Å². The van der Waals surface area contributed by atoms with Crippen LogP contribution in [-0.2, 0) is 9.53 Å². The fourth-order valence-corrected chi connectivity index (χ4v) is 10.1. The van der Waals surface area contributed by atoms with Gasteiger partial charge < -0.3 is 9.64 Å². The normalized spacial score (nSPS) is 43.1. The Hall–Kier alpha value is -1.32. The summed E-state index contributed by atoms with van der Waals surface area (Å²) >= 11 is 6.15. The second-order valence-electron chi connectivity index (χ2n) is 13.7. The molecule has 5 aliphatic rings. The van der Waals surface area contributed by atoms with Crippen LogP contribution in [0, 0.1) is 34.5 Å². The van der Waals surface area contributed by atoms with Crippen LogP contribution >= 0.6 is 11.6 Å². The topological polar surface area (TPSA) is 29.5 Å². The Labute approximate surface area is 229 Å². The number of carbonyl (C=O) groups excluding carboxylic acids is 1. The van der Waals surface area contributed by atoms with Crippen LogP contribution in [0.3, 0.4) is 0 Å². The Kier molecular flexibility index (Phi) is 7.02. The number of hydrogen-bond acceptors (Lipinski definition) is 3. The monoisotopic (exact) mass is 523 g/mol. The van der Waals surface area contributed by atoms with Crippen LogP contribution in [-0.4, -0.2) is 36.1 Å². The summed E-state index contributed by atoms with van der Waals surface area (Å²) in [5, 5.41) is 0.758. The van der Waals surface area contributed by atoms with E-state index in [0.29, 0.717) is 11.3 Å². The molecule has 0 aromatic heterocycles. The first kappa shape index (κ1) is 25.9. The van der Waals surface area contributed by atoms with E-state index in [1.54, 1.807) is 6.92 Å². The van der Waals surface area contributed by atoms with Crippen molar-refractivity contribution in [1.29, 1.82) is 0 Å². The molecule has 1 aromatic rings. The SMILES string of the molecule is CC(=O)O[C@H]1/C(=C/c2ccc(Cl)cc2)CC2C3CCC4C[C@@H](N5CCCCC5)CC[C@]4(C)C3CC[C@@]21C. The first-order valence-electron chi connectivity index (χ1n) is 15.2. The molecule has 6 rings (SSSR count). The van der Waals surface area contributed by atoms with E-state index in [2.05, 4.69) is 37.0 Å². The molecule has 0 spiro atoms. The molecule has 1 aliphatic heterocycles. The van der Waals surface area contributed by atoms with Gasteiger partial charge in [0.15, 0.2) is 0 Å². The third-order valence-corrected chi connectivity index (χ3v) is 12.1. The first-order valence-corrected chi connectivity index (χ1v) is 15.5. The van der Waals surface area contributed by atoms with E-state index in [9.17, 15) is 4.79 Å². The Morgan fingerprint density at radius 1 is 0.973 bits per heavy atom. The van der Waals surface area contributed by atoms with Crippen molar-refractivity contribution in [2.75, 3.05) is 13.1 Å². The summed E-state index contributed by atoms with van der Waals surface area (Å²) in [6, 6.07) is 8.91. The number of nitrogens with zero attached hydrogens (tertiary/aromatic N) is 1. The van der Waals surface area contributed by atoms with Gasteiger partial charge in [0.2, 0.25) is 0 Å². The van der Waals surface area contributed by atoms with E-state index in [4.69, 9.17) is 16.3 Å². The Balaban J connectivity index is 1.25. The molecule has 1 saturated heterocycles. The molecule has 0 N–H and O–H groups in total. The fraction of sp³-hybridized carbons (Fsp3) is 0.727. The molecule has 37 heavy (non-hydrogen) atoms. The summed E-state index contributed by atoms with van der Waals surface area (Å²) in [7, 11) is 0. The number of carbonyl (C=O) groups is 1. The number of rotatable bonds is 3. The molecule has 0 bridgehead atoms. The van der Waals surface area contributed by atoms with E-state index in [0.717, 1.165) is 40.8 Å². The molecule has 3 nitrogen and oxygen atoms in total. The second-order valence-corrected chi connectivity index (χ2v) is 14.1. The number of likely N-dealkylation sites (tertiary alicyclic amines) is 1. The minimum Gasteiger partial charge on any atom is -0.457 e. The molecule has 4 aliphatic carbocycles. The van der Waals surface area contributed by atoms with Crippen molar-refractivity contribution in [3.05, 3.63) is 40.4 Å². The zero-order chi connectivity index (χ0) is 25.8. The zero-order valence-corrected chi connectivity index (χ0v) is 23.9. The molecule has 4 saturated carbocycles. The summed E-state index contributed by atoms with van der Waals surface area (Å²) in [6.07, 6.45) is 16.9. The molecule has 8 atom stereocenters. The van der Waals surface area contributed by atoms with Crippen molar-refractivity contribution in [2.45, 2.75) is 104 Å². The highest BCUT2D eigenvalue weighted by atomic mass is 35.5. The van der Waals surface area contributed by atoms with Crippen molar-refractivity contribution < 1.29 is 9.53 Å². The average molecular weight is 524 g/mol. The Morgan fingerprint density at radius 2 is 1.70 bits per heavy atom. The van der Waals surface area contributed by atoms with Gasteiger partial charge >= 0.3 is 5.97 Å². The van der Waals surface area contributed by atoms with Gasteiger partial charge in [-0.3, -0.25) is 4.79 Å². The van der Waals surface area contributed by atoms with Crippen LogP contribution in [0.2, 0.25) is 5.02 Å². The third-order valence-electron chi connectivity index (χ3n) is 11.9. The van der Waals surface area contributed by atoms with Gasteiger partial charge in [-0.15, -0.1) is 0 Å². The number of piperidine rings is 1. The van der Waals surface area contributed by atoms with E-state index in [1.165, 1.54) is 82.9 Å². The number of hydrogen-bond donors (Lipinski definition) is 0. The maximum absolute atomic E-state index is 12.3. The average Bonchev–Trinajstić information content (AvgIpc) is 3.16. The highest BCUT2D eigenvalue weighted by Crippen LogP contribution is 2.67. The van der Waals surface area contributed by atoms with Gasteiger partial charge in [0, 0.05) is 23.4 Å². The molecular formula is C33H46ClNO2. The number of ether oxygens (including phenoxy) is 1. The van der Waals surface area contributed by atoms with Crippen molar-refractivity contribution in [3.63, 3.8) is 0 Å². The first-order chi connectivity index (χ1) is 17.8. The summed E-state index contributed by atoms with van der Waals surface area (Å²) in [6.45, 7) is 9.36. The molecule has 0 amide bonds. The van der Waals surface area contributed by atoms with E-state index in [-0.39, 0.29) is 17.5 Å². The van der Waals surface area contributed by atoms with Gasteiger partial charge in [-0.1, -0.05) is 50.1 Å². The summed E-state index contributed by atoms with van der Waals surface area (Å²) in [4.78, 5) is 15.1. The maximum atomic E-state index is 12.3. The minimum absolute atomic E-state index is 0.0410. The fourth-order valence-electron chi connectivity index (χ4n) is 9.98. The van der Waals surface area contributed by atoms with Crippen LogP contribution in [0.5, 0.6) is 0 Å². The van der Waals surface area contributed by atoms with Crippen molar-refractivity contribution in [2.24, 2.45) is 34.5 Å². The lowest BCUT2D eigenvalue weighted by Gasteiger charge is -2.61. The van der Waals surface area contributed by atoms with E-state index < -0.39 is 0 Å². The number of benzene rings is 1. The molecule has 4 heteroatoms. The second kappa shape index (κ2) is 10.0. The Bertz CT molecular complexity index is 1030. The highest BCUT2D eigenvalue weighted by molar-refractivity contribution is 6.30. The smallest absolute Gasteiger partial charge is 0.303 e. The van der Waals surface area contributed by atoms with Gasteiger partial charge in [-0.05, 0) is 130 Å². The third kappa shape index (κ3) is 4.61. The molecule has 4 unspecified atom stereocenters. The van der Waals surface area contributed by atoms with Gasteiger partial charge in [0.1, 0.15) is 6.10 Å².